The van der Waals surface area contributed by atoms with Gasteiger partial charge in [-0.2, -0.15) is 0 Å². The second-order valence-electron chi connectivity index (χ2n) is 6.34. The lowest BCUT2D eigenvalue weighted by atomic mass is 10.2. The quantitative estimate of drug-likeness (QED) is 0.615. The molecule has 1 aromatic carbocycles. The summed E-state index contributed by atoms with van der Waals surface area (Å²) in [4.78, 5) is 25.9. The van der Waals surface area contributed by atoms with Crippen molar-refractivity contribution >= 4 is 22.7 Å². The van der Waals surface area contributed by atoms with Crippen LogP contribution in [0.15, 0.2) is 30.5 Å². The summed E-state index contributed by atoms with van der Waals surface area (Å²) in [5.41, 5.74) is 1.85. The summed E-state index contributed by atoms with van der Waals surface area (Å²) in [6.45, 7) is 6.02. The van der Waals surface area contributed by atoms with Gasteiger partial charge in [0.15, 0.2) is 0 Å². The maximum Gasteiger partial charge on any atom is 0.250 e. The molecule has 7 heteroatoms. The molecule has 2 aromatic rings. The number of likely N-dealkylation sites (N-methyl/N-ethyl adjacent to an activating group) is 2. The third-order valence-corrected chi connectivity index (χ3v) is 4.34. The number of aliphatic hydroxyl groups is 1. The van der Waals surface area contributed by atoms with E-state index < -0.39 is 12.0 Å². The number of aliphatic hydroxyl groups excluding tert-OH is 1. The molecule has 0 aliphatic rings. The van der Waals surface area contributed by atoms with Gasteiger partial charge in [0, 0.05) is 36.7 Å². The van der Waals surface area contributed by atoms with Crippen molar-refractivity contribution in [2.45, 2.75) is 33.0 Å². The van der Waals surface area contributed by atoms with Crippen LogP contribution in [0.25, 0.3) is 10.9 Å². The van der Waals surface area contributed by atoms with Gasteiger partial charge in [-0.05, 0) is 32.1 Å². The number of aromatic nitrogens is 1. The topological polar surface area (TPSA) is 86.6 Å². The number of hydrogen-bond acceptors (Lipinski definition) is 4. The Morgan fingerprint density at radius 1 is 1.23 bits per heavy atom. The van der Waals surface area contributed by atoms with Gasteiger partial charge in [-0.3, -0.25) is 9.59 Å². The lowest BCUT2D eigenvalue weighted by Crippen LogP contribution is -2.41. The first-order valence-corrected chi connectivity index (χ1v) is 8.94. The fourth-order valence-electron chi connectivity index (χ4n) is 2.81. The molecular weight excluding hydrogens is 332 g/mol. The number of nitrogens with zero attached hydrogens (tertiary/aromatic N) is 2. The van der Waals surface area contributed by atoms with Crippen LogP contribution < -0.4 is 10.6 Å². The number of nitrogens with one attached hydrogen (secondary N) is 2. The van der Waals surface area contributed by atoms with E-state index in [4.69, 9.17) is 0 Å². The number of benzene rings is 1. The van der Waals surface area contributed by atoms with Crippen LogP contribution in [0.4, 0.5) is 0 Å². The highest BCUT2D eigenvalue weighted by atomic mass is 16.3. The number of carbonyl (C=O) groups excluding carboxylic acids is 2. The first kappa shape index (κ1) is 19.9. The van der Waals surface area contributed by atoms with Crippen LogP contribution in [-0.4, -0.2) is 59.2 Å². The molecule has 26 heavy (non-hydrogen) atoms. The van der Waals surface area contributed by atoms with Crippen LogP contribution in [0.3, 0.4) is 0 Å². The second-order valence-corrected chi connectivity index (χ2v) is 6.34. The number of rotatable bonds is 9. The highest BCUT2D eigenvalue weighted by molar-refractivity contribution is 5.87. The molecule has 1 aromatic heterocycles. The predicted molar refractivity (Wildman–Crippen MR) is 102 cm³/mol. The van der Waals surface area contributed by atoms with E-state index in [9.17, 15) is 14.7 Å². The normalized spacial score (nSPS) is 12.3. The van der Waals surface area contributed by atoms with Crippen molar-refractivity contribution in [2.75, 3.05) is 26.7 Å². The SMILES string of the molecule is CCNC(=O)Cn1cc(CNC(=O)C(O)CN(C)CC)c2ccccc21. The summed E-state index contributed by atoms with van der Waals surface area (Å²) in [7, 11) is 1.85. The average molecular weight is 360 g/mol. The summed E-state index contributed by atoms with van der Waals surface area (Å²) >= 11 is 0. The first-order valence-electron chi connectivity index (χ1n) is 8.94. The summed E-state index contributed by atoms with van der Waals surface area (Å²) in [6, 6.07) is 7.76. The number of hydrogen-bond donors (Lipinski definition) is 3. The Bertz CT molecular complexity index is 756. The zero-order valence-corrected chi connectivity index (χ0v) is 15.7. The molecule has 2 amide bonds. The third-order valence-electron chi connectivity index (χ3n) is 4.34. The Morgan fingerprint density at radius 2 is 1.96 bits per heavy atom. The molecule has 0 bridgehead atoms. The zero-order chi connectivity index (χ0) is 19.1. The summed E-state index contributed by atoms with van der Waals surface area (Å²) in [6.07, 6.45) is 0.814. The van der Waals surface area contributed by atoms with Crippen molar-refractivity contribution in [1.82, 2.24) is 20.1 Å². The maximum atomic E-state index is 12.1. The smallest absolute Gasteiger partial charge is 0.250 e. The van der Waals surface area contributed by atoms with E-state index in [0.29, 0.717) is 19.6 Å². The van der Waals surface area contributed by atoms with Gasteiger partial charge < -0.3 is 25.2 Å². The monoisotopic (exact) mass is 360 g/mol. The van der Waals surface area contributed by atoms with Gasteiger partial charge >= 0.3 is 0 Å². The van der Waals surface area contributed by atoms with E-state index in [1.54, 1.807) is 0 Å². The number of amides is 2. The summed E-state index contributed by atoms with van der Waals surface area (Å²) in [5.74, 6) is -0.451. The molecule has 0 aliphatic carbocycles. The lowest BCUT2D eigenvalue weighted by Gasteiger charge is -2.18. The molecule has 142 valence electrons. The van der Waals surface area contributed by atoms with Crippen molar-refractivity contribution < 1.29 is 14.7 Å². The van der Waals surface area contributed by atoms with E-state index in [0.717, 1.165) is 23.0 Å². The molecule has 3 N–H and O–H groups in total. The van der Waals surface area contributed by atoms with Crippen molar-refractivity contribution in [2.24, 2.45) is 0 Å². The number of carbonyl (C=O) groups is 2. The van der Waals surface area contributed by atoms with E-state index in [1.807, 2.05) is 60.8 Å². The minimum Gasteiger partial charge on any atom is -0.382 e. The van der Waals surface area contributed by atoms with E-state index in [2.05, 4.69) is 10.6 Å². The number of fused-ring (bicyclic) bond motifs is 1. The van der Waals surface area contributed by atoms with Gasteiger partial charge in [-0.1, -0.05) is 25.1 Å². The minimum atomic E-state index is -1.07. The van der Waals surface area contributed by atoms with Gasteiger partial charge in [0.25, 0.3) is 0 Å². The fourth-order valence-corrected chi connectivity index (χ4v) is 2.81. The predicted octanol–water partition coefficient (Wildman–Crippen LogP) is 0.706. The third kappa shape index (κ3) is 5.06. The van der Waals surface area contributed by atoms with Crippen molar-refractivity contribution in [3.63, 3.8) is 0 Å². The molecule has 7 nitrogen and oxygen atoms in total. The van der Waals surface area contributed by atoms with Gasteiger partial charge in [-0.15, -0.1) is 0 Å². The van der Waals surface area contributed by atoms with Crippen molar-refractivity contribution in [3.05, 3.63) is 36.0 Å². The molecule has 0 aliphatic heterocycles. The van der Waals surface area contributed by atoms with Crippen molar-refractivity contribution in [3.8, 4) is 0 Å². The van der Waals surface area contributed by atoms with Crippen molar-refractivity contribution in [1.29, 1.82) is 0 Å². The first-order chi connectivity index (χ1) is 12.5. The molecule has 0 spiro atoms. The van der Waals surface area contributed by atoms with Crippen LogP contribution >= 0.6 is 0 Å². The van der Waals surface area contributed by atoms with Gasteiger partial charge in [0.05, 0.1) is 0 Å². The molecule has 2 rings (SSSR count). The standard InChI is InChI=1S/C19H28N4O3/c1-4-20-18(25)13-23-11-14(15-8-6-7-9-16(15)23)10-21-19(26)17(24)12-22(3)5-2/h6-9,11,17,24H,4-5,10,12-13H2,1-3H3,(H,20,25)(H,21,26). The Hall–Kier alpha value is -2.38. The Labute approximate surface area is 154 Å². The number of para-hydroxylation sites is 1. The molecule has 0 saturated carbocycles. The Morgan fingerprint density at radius 3 is 2.65 bits per heavy atom. The van der Waals surface area contributed by atoms with Crippen LogP contribution in [0.1, 0.15) is 19.4 Å². The van der Waals surface area contributed by atoms with Crippen LogP contribution in [0.2, 0.25) is 0 Å². The van der Waals surface area contributed by atoms with Gasteiger partial charge in [-0.25, -0.2) is 0 Å². The maximum absolute atomic E-state index is 12.1. The van der Waals surface area contributed by atoms with Crippen LogP contribution in [0, 0.1) is 0 Å². The summed E-state index contributed by atoms with van der Waals surface area (Å²) in [5, 5.41) is 16.5. The molecule has 1 heterocycles. The Balaban J connectivity index is 2.09. The fraction of sp³-hybridized carbons (Fsp3) is 0.474. The lowest BCUT2D eigenvalue weighted by molar-refractivity contribution is -0.130. The molecule has 1 atom stereocenters. The molecule has 0 radical (unpaired) electrons. The van der Waals surface area contributed by atoms with Crippen LogP contribution in [0.5, 0.6) is 0 Å². The zero-order valence-electron chi connectivity index (χ0n) is 15.7. The highest BCUT2D eigenvalue weighted by Gasteiger charge is 2.17. The summed E-state index contributed by atoms with van der Waals surface area (Å²) < 4.78 is 1.88. The second kappa shape index (κ2) is 9.35. The minimum absolute atomic E-state index is 0.0538. The highest BCUT2D eigenvalue weighted by Crippen LogP contribution is 2.21. The van der Waals surface area contributed by atoms with Crippen LogP contribution in [-0.2, 0) is 22.7 Å². The molecule has 0 fully saturated rings. The molecule has 1 unspecified atom stereocenters. The largest absolute Gasteiger partial charge is 0.382 e. The van der Waals surface area contributed by atoms with E-state index in [-0.39, 0.29) is 12.5 Å². The van der Waals surface area contributed by atoms with Gasteiger partial charge in [0.1, 0.15) is 12.6 Å². The van der Waals surface area contributed by atoms with Gasteiger partial charge in [0.2, 0.25) is 11.8 Å². The molecule has 0 saturated heterocycles. The average Bonchev–Trinajstić information content (AvgIpc) is 2.97. The van der Waals surface area contributed by atoms with E-state index in [1.165, 1.54) is 0 Å². The Kier molecular flexibility index (Phi) is 7.17. The molecular formula is C19H28N4O3. The van der Waals surface area contributed by atoms with E-state index >= 15 is 0 Å².